The van der Waals surface area contributed by atoms with Crippen molar-refractivity contribution in [1.82, 2.24) is 0 Å². The van der Waals surface area contributed by atoms with E-state index in [-0.39, 0.29) is 17.6 Å². The first-order valence-electron chi connectivity index (χ1n) is 5.27. The quantitative estimate of drug-likeness (QED) is 0.379. The molecule has 3 nitrogen and oxygen atoms in total. The average molecular weight is 224 g/mol. The Morgan fingerprint density at radius 1 is 1.38 bits per heavy atom. The number of carbonyl (C=O) groups is 2. The summed E-state index contributed by atoms with van der Waals surface area (Å²) >= 11 is 0. The van der Waals surface area contributed by atoms with Crippen molar-refractivity contribution in [2.45, 2.75) is 33.1 Å². The van der Waals surface area contributed by atoms with Gasteiger partial charge in [0.25, 0.3) is 0 Å². The molecule has 0 radical (unpaired) electrons. The van der Waals surface area contributed by atoms with Crippen molar-refractivity contribution in [2.24, 2.45) is 5.41 Å². The molecule has 0 atom stereocenters. The van der Waals surface area contributed by atoms with E-state index in [4.69, 9.17) is 0 Å². The smallest absolute Gasteiger partial charge is 0.313 e. The third kappa shape index (κ3) is 6.98. The summed E-state index contributed by atoms with van der Waals surface area (Å²) in [5.41, 5.74) is -0.134. The second-order valence-electron chi connectivity index (χ2n) is 4.50. The number of carbonyl (C=O) groups excluding carboxylic acids is 2. The molecular weight excluding hydrogens is 204 g/mol. The van der Waals surface area contributed by atoms with Gasteiger partial charge in [-0.15, -0.1) is 0 Å². The lowest BCUT2D eigenvalue weighted by Crippen LogP contribution is -2.19. The summed E-state index contributed by atoms with van der Waals surface area (Å²) in [7, 11) is 1.29. The minimum Gasteiger partial charge on any atom is -0.469 e. The fourth-order valence-electron chi connectivity index (χ4n) is 1.38. The summed E-state index contributed by atoms with van der Waals surface area (Å²) in [5.74, 6) is -0.550. The van der Waals surface area contributed by atoms with Crippen molar-refractivity contribution in [3.63, 3.8) is 0 Å². The Balaban J connectivity index is 4.14. The fourth-order valence-corrected chi connectivity index (χ4v) is 1.38. The second-order valence-corrected chi connectivity index (χ2v) is 4.50. The molecule has 0 aliphatic heterocycles. The minimum absolute atomic E-state index is 0.0798. The first-order chi connectivity index (χ1) is 7.41. The van der Waals surface area contributed by atoms with E-state index in [1.165, 1.54) is 7.11 Å². The molecule has 90 valence electrons. The fraction of sp³-hybridized carbons (Fsp3) is 0.538. The van der Waals surface area contributed by atoms with E-state index in [0.29, 0.717) is 6.42 Å². The molecule has 3 heteroatoms. The van der Waals surface area contributed by atoms with Crippen LogP contribution in [-0.4, -0.2) is 18.9 Å². The van der Waals surface area contributed by atoms with Gasteiger partial charge in [0.2, 0.25) is 0 Å². The molecular formula is C13H20O3. The SMILES string of the molecule is C=C/C=C/CC(C)(C)CC(=O)CC(=O)OC. The summed E-state index contributed by atoms with van der Waals surface area (Å²) in [4.78, 5) is 22.4. The van der Waals surface area contributed by atoms with Crippen molar-refractivity contribution in [3.05, 3.63) is 24.8 Å². The molecule has 0 unspecified atom stereocenters. The van der Waals surface area contributed by atoms with Crippen LogP contribution in [0.25, 0.3) is 0 Å². The zero-order valence-corrected chi connectivity index (χ0v) is 10.3. The van der Waals surface area contributed by atoms with Crippen LogP contribution in [0.2, 0.25) is 0 Å². The van der Waals surface area contributed by atoms with Crippen LogP contribution in [0.5, 0.6) is 0 Å². The Morgan fingerprint density at radius 3 is 2.50 bits per heavy atom. The topological polar surface area (TPSA) is 43.4 Å². The Bertz CT molecular complexity index is 288. The maximum Gasteiger partial charge on any atom is 0.313 e. The maximum absolute atomic E-state index is 11.5. The predicted octanol–water partition coefficient (Wildman–Crippen LogP) is 2.67. The van der Waals surface area contributed by atoms with Gasteiger partial charge in [0.05, 0.1) is 7.11 Å². The minimum atomic E-state index is -0.470. The highest BCUT2D eigenvalue weighted by Gasteiger charge is 2.22. The molecule has 0 aliphatic rings. The highest BCUT2D eigenvalue weighted by atomic mass is 16.5. The van der Waals surface area contributed by atoms with Crippen molar-refractivity contribution in [1.29, 1.82) is 0 Å². The standard InChI is InChI=1S/C13H20O3/c1-5-6-7-8-13(2,3)10-11(14)9-12(15)16-4/h5-7H,1,8-10H2,2-4H3/b7-6+. The number of Topliss-reactive ketones (excluding diaryl/α,β-unsaturated/α-hetero) is 1. The second kappa shape index (κ2) is 6.99. The average Bonchev–Trinajstić information content (AvgIpc) is 2.16. The van der Waals surface area contributed by atoms with Gasteiger partial charge in [-0.25, -0.2) is 0 Å². The molecule has 0 N–H and O–H groups in total. The number of ketones is 1. The summed E-state index contributed by atoms with van der Waals surface area (Å²) in [6.07, 6.45) is 6.55. The summed E-state index contributed by atoms with van der Waals surface area (Å²) in [6.45, 7) is 7.57. The Morgan fingerprint density at radius 2 is 2.00 bits per heavy atom. The lowest BCUT2D eigenvalue weighted by molar-refractivity contribution is -0.143. The maximum atomic E-state index is 11.5. The van der Waals surface area contributed by atoms with Crippen LogP contribution < -0.4 is 0 Å². The molecule has 0 amide bonds. The van der Waals surface area contributed by atoms with Gasteiger partial charge in [-0.1, -0.05) is 38.7 Å². The molecule has 16 heavy (non-hydrogen) atoms. The molecule has 0 spiro atoms. The molecule has 0 aromatic heterocycles. The van der Waals surface area contributed by atoms with Gasteiger partial charge in [0, 0.05) is 6.42 Å². The van der Waals surface area contributed by atoms with Crippen molar-refractivity contribution in [3.8, 4) is 0 Å². The number of allylic oxidation sites excluding steroid dienone is 3. The first kappa shape index (κ1) is 14.6. The van der Waals surface area contributed by atoms with E-state index in [9.17, 15) is 9.59 Å². The van der Waals surface area contributed by atoms with Gasteiger partial charge in [-0.05, 0) is 11.8 Å². The molecule has 0 aliphatic carbocycles. The lowest BCUT2D eigenvalue weighted by atomic mass is 9.83. The summed E-state index contributed by atoms with van der Waals surface area (Å²) in [6, 6.07) is 0. The molecule has 0 fully saturated rings. The normalized spacial score (nSPS) is 11.4. The predicted molar refractivity (Wildman–Crippen MR) is 64.0 cm³/mol. The lowest BCUT2D eigenvalue weighted by Gasteiger charge is -2.21. The third-order valence-corrected chi connectivity index (χ3v) is 2.19. The van der Waals surface area contributed by atoms with Crippen LogP contribution in [0.4, 0.5) is 0 Å². The number of esters is 1. The largest absolute Gasteiger partial charge is 0.469 e. The van der Waals surface area contributed by atoms with Crippen LogP contribution in [0.15, 0.2) is 24.8 Å². The highest BCUT2D eigenvalue weighted by Crippen LogP contribution is 2.26. The Hall–Kier alpha value is -1.38. The number of ether oxygens (including phenoxy) is 1. The van der Waals surface area contributed by atoms with Crippen molar-refractivity contribution >= 4 is 11.8 Å². The number of rotatable bonds is 7. The molecule has 0 aromatic rings. The van der Waals surface area contributed by atoms with E-state index in [1.807, 2.05) is 26.0 Å². The van der Waals surface area contributed by atoms with Crippen LogP contribution in [0, 0.1) is 5.41 Å². The van der Waals surface area contributed by atoms with E-state index in [1.54, 1.807) is 6.08 Å². The van der Waals surface area contributed by atoms with Gasteiger partial charge in [0.15, 0.2) is 0 Å². The number of hydrogen-bond acceptors (Lipinski definition) is 3. The van der Waals surface area contributed by atoms with Crippen molar-refractivity contribution < 1.29 is 14.3 Å². The number of methoxy groups -OCH3 is 1. The van der Waals surface area contributed by atoms with E-state index in [2.05, 4.69) is 11.3 Å². The summed E-state index contributed by atoms with van der Waals surface area (Å²) in [5, 5.41) is 0. The van der Waals surface area contributed by atoms with E-state index in [0.717, 1.165) is 6.42 Å². The van der Waals surface area contributed by atoms with Crippen LogP contribution in [-0.2, 0) is 14.3 Å². The first-order valence-corrected chi connectivity index (χ1v) is 5.27. The van der Waals surface area contributed by atoms with Gasteiger partial charge in [-0.2, -0.15) is 0 Å². The van der Waals surface area contributed by atoms with Crippen LogP contribution in [0.1, 0.15) is 33.1 Å². The van der Waals surface area contributed by atoms with E-state index >= 15 is 0 Å². The molecule has 0 rings (SSSR count). The van der Waals surface area contributed by atoms with E-state index < -0.39 is 5.97 Å². The third-order valence-electron chi connectivity index (χ3n) is 2.19. The monoisotopic (exact) mass is 224 g/mol. The highest BCUT2D eigenvalue weighted by molar-refractivity contribution is 5.95. The zero-order valence-electron chi connectivity index (χ0n) is 10.3. The number of hydrogen-bond donors (Lipinski definition) is 0. The van der Waals surface area contributed by atoms with Crippen LogP contribution >= 0.6 is 0 Å². The zero-order chi connectivity index (χ0) is 12.6. The molecule has 0 saturated heterocycles. The Labute approximate surface area is 97.2 Å². The van der Waals surface area contributed by atoms with Crippen molar-refractivity contribution in [2.75, 3.05) is 7.11 Å². The molecule has 0 saturated carbocycles. The van der Waals surface area contributed by atoms with Gasteiger partial charge >= 0.3 is 5.97 Å². The molecule has 0 aromatic carbocycles. The van der Waals surface area contributed by atoms with Crippen LogP contribution in [0.3, 0.4) is 0 Å². The Kier molecular flexibility index (Phi) is 6.38. The molecule has 0 bridgehead atoms. The molecule has 0 heterocycles. The summed E-state index contributed by atoms with van der Waals surface area (Å²) < 4.78 is 4.45. The van der Waals surface area contributed by atoms with Gasteiger partial charge in [-0.3, -0.25) is 9.59 Å². The van der Waals surface area contributed by atoms with Gasteiger partial charge < -0.3 is 4.74 Å². The van der Waals surface area contributed by atoms with Gasteiger partial charge in [0.1, 0.15) is 12.2 Å².